The number of nitrogens with one attached hydrogen (secondary N) is 2. The largest absolute Gasteiger partial charge is 0.360 e. The first-order valence-electron chi connectivity index (χ1n) is 9.07. The summed E-state index contributed by atoms with van der Waals surface area (Å²) in [5.74, 6) is 0.107. The average molecular weight is 338 g/mol. The number of carbonyl (C=O) groups is 1. The molecule has 0 unspecified atom stereocenters. The average Bonchev–Trinajstić information content (AvgIpc) is 2.64. The summed E-state index contributed by atoms with van der Waals surface area (Å²) < 4.78 is 0. The highest BCUT2D eigenvalue weighted by Crippen LogP contribution is 2.16. The molecular formula is C21H28N3O+. The van der Waals surface area contributed by atoms with E-state index in [-0.39, 0.29) is 11.9 Å². The van der Waals surface area contributed by atoms with Crippen molar-refractivity contribution in [2.75, 3.05) is 36.4 Å². The fourth-order valence-corrected chi connectivity index (χ4v) is 3.50. The number of rotatable bonds is 4. The lowest BCUT2D eigenvalue weighted by Gasteiger charge is -2.36. The fourth-order valence-electron chi connectivity index (χ4n) is 3.50. The van der Waals surface area contributed by atoms with E-state index in [1.54, 1.807) is 0 Å². The molecule has 25 heavy (non-hydrogen) atoms. The van der Waals surface area contributed by atoms with Crippen molar-refractivity contribution in [2.24, 2.45) is 0 Å². The third kappa shape index (κ3) is 4.20. The molecule has 0 aliphatic carbocycles. The van der Waals surface area contributed by atoms with E-state index in [1.165, 1.54) is 16.2 Å². The number of anilines is 2. The molecule has 0 saturated carbocycles. The summed E-state index contributed by atoms with van der Waals surface area (Å²) in [6.07, 6.45) is 0. The second-order valence-corrected chi connectivity index (χ2v) is 7.01. The number of piperazine rings is 1. The van der Waals surface area contributed by atoms with E-state index in [9.17, 15) is 4.79 Å². The smallest absolute Gasteiger partial charge is 0.282 e. The third-order valence-electron chi connectivity index (χ3n) is 5.17. The Hall–Kier alpha value is -2.33. The van der Waals surface area contributed by atoms with Crippen molar-refractivity contribution in [1.82, 2.24) is 0 Å². The second-order valence-electron chi connectivity index (χ2n) is 7.01. The molecule has 1 aliphatic rings. The maximum atomic E-state index is 12.7. The van der Waals surface area contributed by atoms with E-state index in [0.29, 0.717) is 0 Å². The first-order chi connectivity index (χ1) is 12.0. The zero-order valence-electron chi connectivity index (χ0n) is 15.4. The van der Waals surface area contributed by atoms with Crippen molar-refractivity contribution in [2.45, 2.75) is 26.8 Å². The Kier molecular flexibility index (Phi) is 5.39. The van der Waals surface area contributed by atoms with Gasteiger partial charge in [0.2, 0.25) is 0 Å². The molecule has 0 aromatic heterocycles. The van der Waals surface area contributed by atoms with Crippen LogP contribution in [0.4, 0.5) is 11.4 Å². The Balaban J connectivity index is 1.56. The van der Waals surface area contributed by atoms with Gasteiger partial charge in [0.1, 0.15) is 0 Å². The molecule has 1 heterocycles. The van der Waals surface area contributed by atoms with Crippen LogP contribution >= 0.6 is 0 Å². The maximum Gasteiger partial charge on any atom is 0.282 e. The van der Waals surface area contributed by atoms with Gasteiger partial charge in [-0.1, -0.05) is 35.9 Å². The Labute approximate surface area is 150 Å². The normalized spacial score (nSPS) is 16.5. The molecule has 4 nitrogen and oxygen atoms in total. The van der Waals surface area contributed by atoms with Gasteiger partial charge in [-0.2, -0.15) is 0 Å². The van der Waals surface area contributed by atoms with Crippen molar-refractivity contribution in [3.63, 3.8) is 0 Å². The molecule has 1 aliphatic heterocycles. The quantitative estimate of drug-likeness (QED) is 0.895. The number of aryl methyl sites for hydroxylation is 2. The predicted octanol–water partition coefficient (Wildman–Crippen LogP) is 2.04. The number of nitrogens with zero attached hydrogens (tertiary/aromatic N) is 1. The Morgan fingerprint density at radius 1 is 1.08 bits per heavy atom. The third-order valence-corrected chi connectivity index (χ3v) is 5.17. The van der Waals surface area contributed by atoms with E-state index in [4.69, 9.17) is 0 Å². The van der Waals surface area contributed by atoms with Crippen molar-refractivity contribution < 1.29 is 9.69 Å². The second kappa shape index (κ2) is 7.70. The first kappa shape index (κ1) is 17.5. The summed E-state index contributed by atoms with van der Waals surface area (Å²) in [5.41, 5.74) is 4.52. The van der Waals surface area contributed by atoms with E-state index in [1.807, 2.05) is 32.0 Å². The van der Waals surface area contributed by atoms with Crippen LogP contribution in [0.15, 0.2) is 48.5 Å². The van der Waals surface area contributed by atoms with Gasteiger partial charge in [-0.05, 0) is 44.5 Å². The summed E-state index contributed by atoms with van der Waals surface area (Å²) in [5, 5.41) is 3.10. The van der Waals surface area contributed by atoms with Crippen LogP contribution in [0.5, 0.6) is 0 Å². The maximum absolute atomic E-state index is 12.7. The molecule has 1 amide bonds. The van der Waals surface area contributed by atoms with Crippen molar-refractivity contribution in [3.8, 4) is 0 Å². The molecule has 0 spiro atoms. The number of amides is 1. The topological polar surface area (TPSA) is 36.8 Å². The minimum atomic E-state index is -0.0429. The van der Waals surface area contributed by atoms with Crippen LogP contribution in [0.3, 0.4) is 0 Å². The number of carbonyl (C=O) groups excluding carboxylic acids is 1. The fraction of sp³-hybridized carbons (Fsp3) is 0.381. The summed E-state index contributed by atoms with van der Waals surface area (Å²) in [6.45, 7) is 10.1. The molecule has 0 radical (unpaired) electrons. The van der Waals surface area contributed by atoms with Crippen molar-refractivity contribution in [3.05, 3.63) is 59.7 Å². The van der Waals surface area contributed by atoms with E-state index >= 15 is 0 Å². The first-order valence-corrected chi connectivity index (χ1v) is 9.07. The standard InChI is InChI=1S/C21H27N3O/c1-16-9-10-20(17(2)15-16)22-21(25)18(3)23-11-13-24(14-12-23)19-7-5-4-6-8-19/h4-10,15,18H,11-14H2,1-3H3,(H,22,25)/p+1/t18-/m1/s1. The van der Waals surface area contributed by atoms with Gasteiger partial charge in [0.25, 0.3) is 5.91 Å². The van der Waals surface area contributed by atoms with Crippen LogP contribution in [0.2, 0.25) is 0 Å². The molecule has 4 heteroatoms. The zero-order valence-corrected chi connectivity index (χ0v) is 15.4. The lowest BCUT2D eigenvalue weighted by atomic mass is 10.1. The van der Waals surface area contributed by atoms with Crippen molar-refractivity contribution >= 4 is 17.3 Å². The molecule has 2 N–H and O–H groups in total. The van der Waals surface area contributed by atoms with Gasteiger partial charge in [0.15, 0.2) is 6.04 Å². The Morgan fingerprint density at radius 3 is 2.40 bits per heavy atom. The van der Waals surface area contributed by atoms with Gasteiger partial charge in [-0.25, -0.2) is 0 Å². The summed E-state index contributed by atoms with van der Waals surface area (Å²) in [6, 6.07) is 16.6. The summed E-state index contributed by atoms with van der Waals surface area (Å²) in [4.78, 5) is 16.4. The number of hydrogen-bond acceptors (Lipinski definition) is 2. The monoisotopic (exact) mass is 338 g/mol. The van der Waals surface area contributed by atoms with Gasteiger partial charge in [-0.3, -0.25) is 4.79 Å². The number of para-hydroxylation sites is 1. The number of benzene rings is 2. The molecule has 2 aromatic rings. The molecule has 132 valence electrons. The van der Waals surface area contributed by atoms with Crippen molar-refractivity contribution in [1.29, 1.82) is 0 Å². The molecule has 2 aromatic carbocycles. The lowest BCUT2D eigenvalue weighted by molar-refractivity contribution is -0.914. The Bertz CT molecular complexity index is 721. The van der Waals surface area contributed by atoms with Crippen LogP contribution in [-0.2, 0) is 4.79 Å². The van der Waals surface area contributed by atoms with E-state index in [2.05, 4.69) is 47.5 Å². The minimum absolute atomic E-state index is 0.0429. The van der Waals surface area contributed by atoms with Gasteiger partial charge < -0.3 is 15.1 Å². The highest BCUT2D eigenvalue weighted by Gasteiger charge is 2.29. The van der Waals surface area contributed by atoms with E-state index < -0.39 is 0 Å². The van der Waals surface area contributed by atoms with Gasteiger partial charge in [-0.15, -0.1) is 0 Å². The van der Waals surface area contributed by atoms with Gasteiger partial charge in [0.05, 0.1) is 26.2 Å². The molecule has 0 bridgehead atoms. The van der Waals surface area contributed by atoms with Crippen LogP contribution < -0.4 is 15.1 Å². The van der Waals surface area contributed by atoms with Crippen LogP contribution in [-0.4, -0.2) is 38.1 Å². The van der Waals surface area contributed by atoms with Gasteiger partial charge in [0, 0.05) is 11.4 Å². The highest BCUT2D eigenvalue weighted by atomic mass is 16.2. The highest BCUT2D eigenvalue weighted by molar-refractivity contribution is 5.94. The Morgan fingerprint density at radius 2 is 1.76 bits per heavy atom. The van der Waals surface area contributed by atoms with Crippen LogP contribution in [0.1, 0.15) is 18.1 Å². The minimum Gasteiger partial charge on any atom is -0.360 e. The summed E-state index contributed by atoms with van der Waals surface area (Å²) in [7, 11) is 0. The summed E-state index contributed by atoms with van der Waals surface area (Å²) >= 11 is 0. The van der Waals surface area contributed by atoms with Crippen LogP contribution in [0.25, 0.3) is 0 Å². The molecule has 1 fully saturated rings. The van der Waals surface area contributed by atoms with E-state index in [0.717, 1.165) is 37.4 Å². The van der Waals surface area contributed by atoms with Crippen LogP contribution in [0, 0.1) is 13.8 Å². The zero-order chi connectivity index (χ0) is 17.8. The SMILES string of the molecule is Cc1ccc(NC(=O)[C@@H](C)[NH+]2CCN(c3ccccc3)CC2)c(C)c1. The molecular weight excluding hydrogens is 310 g/mol. The lowest BCUT2D eigenvalue weighted by Crippen LogP contribution is -3.19. The molecule has 3 rings (SSSR count). The predicted molar refractivity (Wildman–Crippen MR) is 103 cm³/mol. The molecule has 1 saturated heterocycles. The number of hydrogen-bond donors (Lipinski definition) is 2. The molecule has 1 atom stereocenters. The number of quaternary nitrogens is 1. The van der Waals surface area contributed by atoms with Gasteiger partial charge >= 0.3 is 0 Å².